The van der Waals surface area contributed by atoms with Gasteiger partial charge in [0.05, 0.1) is 0 Å². The number of nitrogens with zero attached hydrogens (tertiary/aromatic N) is 1. The zero-order chi connectivity index (χ0) is 31.9. The molecule has 1 aliphatic rings. The van der Waals surface area contributed by atoms with Gasteiger partial charge in [-0.3, -0.25) is 0 Å². The first-order valence-electron chi connectivity index (χ1n) is 16.3. The minimum absolute atomic E-state index is 0.843. The molecule has 0 saturated heterocycles. The first-order valence-corrected chi connectivity index (χ1v) is 16.3. The van der Waals surface area contributed by atoms with Crippen LogP contribution >= 0.6 is 0 Å². The Morgan fingerprint density at radius 3 is 1.48 bits per heavy atom. The Balaban J connectivity index is 1.19. The molecule has 0 radical (unpaired) electrons. The maximum absolute atomic E-state index is 6.73. The van der Waals surface area contributed by atoms with E-state index in [-0.39, 0.29) is 0 Å². The number of rotatable bonds is 5. The van der Waals surface area contributed by atoms with Crippen molar-refractivity contribution in [1.29, 1.82) is 0 Å². The van der Waals surface area contributed by atoms with Crippen molar-refractivity contribution in [3.63, 3.8) is 0 Å². The molecule has 0 N–H and O–H groups in total. The van der Waals surface area contributed by atoms with E-state index in [1.54, 1.807) is 0 Å². The lowest BCUT2D eigenvalue weighted by Crippen LogP contribution is -2.10. The molecule has 2 nitrogen and oxygen atoms in total. The highest BCUT2D eigenvalue weighted by atomic mass is 16.5. The van der Waals surface area contributed by atoms with Crippen LogP contribution in [0.1, 0.15) is 0 Å². The smallest absolute Gasteiger partial charge is 0.135 e. The van der Waals surface area contributed by atoms with Crippen LogP contribution in [0.15, 0.2) is 188 Å². The third kappa shape index (κ3) is 5.01. The van der Waals surface area contributed by atoms with Crippen LogP contribution in [0.2, 0.25) is 0 Å². The van der Waals surface area contributed by atoms with Gasteiger partial charge in [-0.25, -0.2) is 0 Å². The Hall–Kier alpha value is -6.38. The molecule has 0 spiro atoms. The molecule has 0 saturated carbocycles. The van der Waals surface area contributed by atoms with Gasteiger partial charge in [-0.2, -0.15) is 0 Å². The van der Waals surface area contributed by atoms with Gasteiger partial charge in [0.25, 0.3) is 0 Å². The number of fused-ring (bicyclic) bond motifs is 6. The van der Waals surface area contributed by atoms with E-state index in [0.29, 0.717) is 0 Å². The predicted octanol–water partition coefficient (Wildman–Crippen LogP) is 13.1. The Kier molecular flexibility index (Phi) is 6.84. The van der Waals surface area contributed by atoms with Gasteiger partial charge in [0, 0.05) is 28.2 Å². The van der Waals surface area contributed by atoms with E-state index in [0.717, 1.165) is 50.8 Å². The molecule has 9 rings (SSSR count). The number of hydrogen-bond donors (Lipinski definition) is 0. The van der Waals surface area contributed by atoms with Gasteiger partial charge in [-0.05, 0) is 98.8 Å². The van der Waals surface area contributed by atoms with E-state index in [2.05, 4.69) is 193 Å². The van der Waals surface area contributed by atoms with E-state index in [4.69, 9.17) is 4.74 Å². The fraction of sp³-hybridized carbons (Fsp3) is 0. The summed E-state index contributed by atoms with van der Waals surface area (Å²) in [7, 11) is 0. The highest BCUT2D eigenvalue weighted by molar-refractivity contribution is 5.95. The van der Waals surface area contributed by atoms with Crippen LogP contribution in [0.25, 0.3) is 55.3 Å². The van der Waals surface area contributed by atoms with E-state index in [1.165, 1.54) is 33.0 Å². The highest BCUT2D eigenvalue weighted by Gasteiger charge is 2.23. The molecule has 8 aromatic rings. The molecular formula is C46H31NO. The van der Waals surface area contributed by atoms with Crippen LogP contribution in [0.3, 0.4) is 0 Å². The number of benzene rings is 8. The Labute approximate surface area is 280 Å². The summed E-state index contributed by atoms with van der Waals surface area (Å²) < 4.78 is 6.73. The third-order valence-corrected chi connectivity index (χ3v) is 9.26. The molecule has 0 aliphatic carbocycles. The molecule has 48 heavy (non-hydrogen) atoms. The molecule has 1 heterocycles. The predicted molar refractivity (Wildman–Crippen MR) is 200 cm³/mol. The van der Waals surface area contributed by atoms with E-state index in [9.17, 15) is 0 Å². The quantitative estimate of drug-likeness (QED) is 0.191. The maximum Gasteiger partial charge on any atom is 0.135 e. The largest absolute Gasteiger partial charge is 0.456 e. The molecule has 0 atom stereocenters. The van der Waals surface area contributed by atoms with Crippen molar-refractivity contribution >= 4 is 27.8 Å². The van der Waals surface area contributed by atoms with Crippen molar-refractivity contribution in [2.24, 2.45) is 0 Å². The lowest BCUT2D eigenvalue weighted by Gasteiger charge is -2.27. The summed E-state index contributed by atoms with van der Waals surface area (Å²) in [5, 5.41) is 2.42. The average molecular weight is 614 g/mol. The minimum atomic E-state index is 0.843. The summed E-state index contributed by atoms with van der Waals surface area (Å²) in [5.74, 6) is 1.70. The molecule has 0 bridgehead atoms. The fourth-order valence-electron chi connectivity index (χ4n) is 6.86. The van der Waals surface area contributed by atoms with E-state index < -0.39 is 0 Å². The SMILES string of the molecule is c1ccc(-c2ccc(N(c3ccc4c(c3)-c3ccccc3-c3cc(-c5ccccc5)ccc3O4)c3ccc4ccccc4c3)cc2)cc1. The standard InChI is InChI=1S/C46H31NO/c1-3-11-32(12-4-1)35-19-23-38(24-20-35)47(39-25-21-34-15-7-8-16-36(34)29-39)40-26-28-46-44(31-40)42-18-10-9-17-41(42)43-30-37(22-27-45(43)48-46)33-13-5-2-6-14-33/h1-31H. The summed E-state index contributed by atoms with van der Waals surface area (Å²) >= 11 is 0. The molecule has 0 unspecified atom stereocenters. The Morgan fingerprint density at radius 2 is 0.771 bits per heavy atom. The first-order chi connectivity index (χ1) is 23.8. The molecular weight excluding hydrogens is 583 g/mol. The van der Waals surface area contributed by atoms with Crippen molar-refractivity contribution in [3.05, 3.63) is 188 Å². The zero-order valence-electron chi connectivity index (χ0n) is 26.3. The van der Waals surface area contributed by atoms with Gasteiger partial charge in [-0.1, -0.05) is 133 Å². The number of anilines is 3. The summed E-state index contributed by atoms with van der Waals surface area (Å²) in [6.45, 7) is 0. The third-order valence-electron chi connectivity index (χ3n) is 9.26. The second-order valence-corrected chi connectivity index (χ2v) is 12.2. The van der Waals surface area contributed by atoms with Crippen LogP contribution < -0.4 is 9.64 Å². The molecule has 0 fully saturated rings. The Morgan fingerprint density at radius 1 is 0.292 bits per heavy atom. The summed E-state index contributed by atoms with van der Waals surface area (Å²) in [6, 6.07) is 66.9. The molecule has 2 heteroatoms. The van der Waals surface area contributed by atoms with Gasteiger partial charge >= 0.3 is 0 Å². The number of ether oxygens (including phenoxy) is 1. The molecule has 226 valence electrons. The van der Waals surface area contributed by atoms with Crippen molar-refractivity contribution < 1.29 is 4.74 Å². The van der Waals surface area contributed by atoms with Crippen LogP contribution in [-0.4, -0.2) is 0 Å². The summed E-state index contributed by atoms with van der Waals surface area (Å²) in [5.41, 5.74) is 12.5. The van der Waals surface area contributed by atoms with Gasteiger partial charge in [0.1, 0.15) is 11.5 Å². The monoisotopic (exact) mass is 613 g/mol. The minimum Gasteiger partial charge on any atom is -0.456 e. The fourth-order valence-corrected chi connectivity index (χ4v) is 6.86. The van der Waals surface area contributed by atoms with Gasteiger partial charge in [-0.15, -0.1) is 0 Å². The van der Waals surface area contributed by atoms with Crippen molar-refractivity contribution in [3.8, 4) is 56.0 Å². The van der Waals surface area contributed by atoms with Crippen LogP contribution in [0.4, 0.5) is 17.1 Å². The van der Waals surface area contributed by atoms with Gasteiger partial charge in [0.2, 0.25) is 0 Å². The maximum atomic E-state index is 6.73. The normalized spacial score (nSPS) is 11.5. The summed E-state index contributed by atoms with van der Waals surface area (Å²) in [6.07, 6.45) is 0. The zero-order valence-corrected chi connectivity index (χ0v) is 26.3. The van der Waals surface area contributed by atoms with Gasteiger partial charge in [0.15, 0.2) is 0 Å². The lowest BCUT2D eigenvalue weighted by molar-refractivity contribution is 0.488. The van der Waals surface area contributed by atoms with E-state index >= 15 is 0 Å². The molecule has 1 aliphatic heterocycles. The summed E-state index contributed by atoms with van der Waals surface area (Å²) in [4.78, 5) is 2.34. The Bertz CT molecular complexity index is 2410. The number of hydrogen-bond acceptors (Lipinski definition) is 2. The lowest BCUT2D eigenvalue weighted by atomic mass is 9.92. The van der Waals surface area contributed by atoms with Crippen molar-refractivity contribution in [2.75, 3.05) is 4.90 Å². The van der Waals surface area contributed by atoms with Crippen LogP contribution in [0.5, 0.6) is 11.5 Å². The molecule has 0 aromatic heterocycles. The first kappa shape index (κ1) is 27.9. The molecule has 8 aromatic carbocycles. The topological polar surface area (TPSA) is 12.5 Å². The second-order valence-electron chi connectivity index (χ2n) is 12.2. The second kappa shape index (κ2) is 11.8. The van der Waals surface area contributed by atoms with Crippen molar-refractivity contribution in [2.45, 2.75) is 0 Å². The average Bonchev–Trinajstić information content (AvgIpc) is 3.30. The molecule has 0 amide bonds. The van der Waals surface area contributed by atoms with Gasteiger partial charge < -0.3 is 9.64 Å². The van der Waals surface area contributed by atoms with Crippen LogP contribution in [0, 0.1) is 0 Å². The van der Waals surface area contributed by atoms with Crippen LogP contribution in [-0.2, 0) is 0 Å². The van der Waals surface area contributed by atoms with E-state index in [1.807, 2.05) is 0 Å². The van der Waals surface area contributed by atoms with Crippen molar-refractivity contribution in [1.82, 2.24) is 0 Å². The highest BCUT2D eigenvalue weighted by Crippen LogP contribution is 2.49.